The number of anilines is 1. The minimum Gasteiger partial charge on any atom is -0.355 e. The predicted molar refractivity (Wildman–Crippen MR) is 94.9 cm³/mol. The van der Waals surface area contributed by atoms with Gasteiger partial charge in [0.25, 0.3) is 0 Å². The Kier molecular flexibility index (Phi) is 4.17. The molecule has 4 rings (SSSR count). The molecule has 1 aromatic carbocycles. The first-order valence-electron chi connectivity index (χ1n) is 9.03. The predicted octanol–water partition coefficient (Wildman–Crippen LogP) is 3.39. The molecule has 0 amide bonds. The standard InChI is InChI=1S/C19H26N4/c1-15-19(21-18-8-4-3-7-17(18)20-15)23-13-9-16(10-14-23)22-11-5-2-6-12-22/h3-4,7-8,16H,2,5-6,9-14H2,1H3. The fourth-order valence-electron chi connectivity index (χ4n) is 4.10. The maximum absolute atomic E-state index is 4.89. The van der Waals surface area contributed by atoms with Gasteiger partial charge in [-0.25, -0.2) is 9.97 Å². The third-order valence-corrected chi connectivity index (χ3v) is 5.39. The van der Waals surface area contributed by atoms with Gasteiger partial charge in [-0.05, 0) is 57.8 Å². The van der Waals surface area contributed by atoms with Crippen LogP contribution in [0.4, 0.5) is 5.82 Å². The minimum absolute atomic E-state index is 0.778. The topological polar surface area (TPSA) is 32.3 Å². The number of hydrogen-bond acceptors (Lipinski definition) is 4. The molecule has 0 unspecified atom stereocenters. The summed E-state index contributed by atoms with van der Waals surface area (Å²) < 4.78 is 0. The lowest BCUT2D eigenvalue weighted by Gasteiger charge is -2.40. The molecule has 2 aliphatic rings. The van der Waals surface area contributed by atoms with Gasteiger partial charge in [-0.3, -0.25) is 0 Å². The van der Waals surface area contributed by atoms with E-state index in [1.165, 1.54) is 45.2 Å². The second-order valence-electron chi connectivity index (χ2n) is 6.94. The van der Waals surface area contributed by atoms with E-state index in [1.54, 1.807) is 0 Å². The first kappa shape index (κ1) is 14.9. The maximum atomic E-state index is 4.89. The van der Waals surface area contributed by atoms with Crippen molar-refractivity contribution >= 4 is 16.9 Å². The zero-order valence-corrected chi connectivity index (χ0v) is 14.0. The van der Waals surface area contributed by atoms with E-state index >= 15 is 0 Å². The second-order valence-corrected chi connectivity index (χ2v) is 6.94. The van der Waals surface area contributed by atoms with Gasteiger partial charge in [-0.1, -0.05) is 18.6 Å². The summed E-state index contributed by atoms with van der Waals surface area (Å²) in [5.74, 6) is 1.08. The lowest BCUT2D eigenvalue weighted by Crippen LogP contribution is -2.47. The Labute approximate surface area is 138 Å². The number of nitrogens with zero attached hydrogens (tertiary/aromatic N) is 4. The van der Waals surface area contributed by atoms with Crippen LogP contribution in [0.25, 0.3) is 11.0 Å². The zero-order chi connectivity index (χ0) is 15.6. The van der Waals surface area contributed by atoms with Gasteiger partial charge in [0.1, 0.15) is 0 Å². The van der Waals surface area contributed by atoms with Crippen LogP contribution in [0.2, 0.25) is 0 Å². The van der Waals surface area contributed by atoms with Crippen molar-refractivity contribution in [3.8, 4) is 0 Å². The molecule has 0 bridgehead atoms. The summed E-state index contributed by atoms with van der Waals surface area (Å²) >= 11 is 0. The summed E-state index contributed by atoms with van der Waals surface area (Å²) in [6.45, 7) is 6.91. The number of hydrogen-bond donors (Lipinski definition) is 0. The number of fused-ring (bicyclic) bond motifs is 1. The third-order valence-electron chi connectivity index (χ3n) is 5.39. The number of para-hydroxylation sites is 2. The molecular weight excluding hydrogens is 284 g/mol. The van der Waals surface area contributed by atoms with Crippen LogP contribution in [0.3, 0.4) is 0 Å². The Morgan fingerprint density at radius 1 is 0.870 bits per heavy atom. The van der Waals surface area contributed by atoms with E-state index in [2.05, 4.69) is 22.8 Å². The lowest BCUT2D eigenvalue weighted by atomic mass is 10.00. The molecule has 4 nitrogen and oxygen atoms in total. The van der Waals surface area contributed by atoms with Crippen molar-refractivity contribution < 1.29 is 0 Å². The largest absolute Gasteiger partial charge is 0.355 e. The van der Waals surface area contributed by atoms with E-state index < -0.39 is 0 Å². The minimum atomic E-state index is 0.778. The molecule has 2 aliphatic heterocycles. The number of likely N-dealkylation sites (tertiary alicyclic amines) is 1. The summed E-state index contributed by atoms with van der Waals surface area (Å²) in [5, 5.41) is 0. The van der Waals surface area contributed by atoms with Crippen LogP contribution in [0.1, 0.15) is 37.8 Å². The van der Waals surface area contributed by atoms with Crippen molar-refractivity contribution in [2.45, 2.75) is 45.1 Å². The van der Waals surface area contributed by atoms with Crippen LogP contribution in [0, 0.1) is 6.92 Å². The molecule has 2 aromatic rings. The Balaban J connectivity index is 1.48. The monoisotopic (exact) mass is 310 g/mol. The molecule has 2 fully saturated rings. The number of benzene rings is 1. The van der Waals surface area contributed by atoms with Crippen molar-refractivity contribution in [3.05, 3.63) is 30.0 Å². The van der Waals surface area contributed by atoms with Gasteiger partial charge >= 0.3 is 0 Å². The van der Waals surface area contributed by atoms with E-state index in [4.69, 9.17) is 9.97 Å². The van der Waals surface area contributed by atoms with Crippen LogP contribution >= 0.6 is 0 Å². The molecule has 0 spiro atoms. The first-order valence-corrected chi connectivity index (χ1v) is 9.03. The molecule has 0 radical (unpaired) electrons. The highest BCUT2D eigenvalue weighted by Crippen LogP contribution is 2.26. The summed E-state index contributed by atoms with van der Waals surface area (Å²) in [5.41, 5.74) is 3.06. The normalized spacial score (nSPS) is 21.0. The van der Waals surface area contributed by atoms with E-state index in [1.807, 2.05) is 18.2 Å². The molecule has 1 aromatic heterocycles. The van der Waals surface area contributed by atoms with Crippen molar-refractivity contribution in [1.82, 2.24) is 14.9 Å². The van der Waals surface area contributed by atoms with Crippen molar-refractivity contribution in [1.29, 1.82) is 0 Å². The highest BCUT2D eigenvalue weighted by molar-refractivity contribution is 5.76. The van der Waals surface area contributed by atoms with Crippen molar-refractivity contribution in [2.75, 3.05) is 31.1 Å². The SMILES string of the molecule is Cc1nc2ccccc2nc1N1CCC(N2CCCCC2)CC1. The number of aryl methyl sites for hydroxylation is 1. The van der Waals surface area contributed by atoms with Gasteiger partial charge in [-0.2, -0.15) is 0 Å². The van der Waals surface area contributed by atoms with Gasteiger partial charge in [0.15, 0.2) is 5.82 Å². The van der Waals surface area contributed by atoms with E-state index in [9.17, 15) is 0 Å². The highest BCUT2D eigenvalue weighted by atomic mass is 15.2. The molecule has 3 heterocycles. The molecule has 4 heteroatoms. The average Bonchev–Trinajstić information content (AvgIpc) is 2.62. The quantitative estimate of drug-likeness (QED) is 0.851. The van der Waals surface area contributed by atoms with Crippen molar-refractivity contribution in [3.63, 3.8) is 0 Å². The highest BCUT2D eigenvalue weighted by Gasteiger charge is 2.26. The molecule has 0 N–H and O–H groups in total. The van der Waals surface area contributed by atoms with Crippen molar-refractivity contribution in [2.24, 2.45) is 0 Å². The average molecular weight is 310 g/mol. The van der Waals surface area contributed by atoms with Gasteiger partial charge in [0, 0.05) is 19.1 Å². The summed E-state index contributed by atoms with van der Waals surface area (Å²) in [4.78, 5) is 14.8. The second kappa shape index (κ2) is 6.44. The van der Waals surface area contributed by atoms with Crippen LogP contribution in [0.5, 0.6) is 0 Å². The Bertz CT molecular complexity index is 670. The Hall–Kier alpha value is -1.68. The van der Waals surface area contributed by atoms with Gasteiger partial charge in [0.2, 0.25) is 0 Å². The Morgan fingerprint density at radius 3 is 2.22 bits per heavy atom. The van der Waals surface area contributed by atoms with Gasteiger partial charge < -0.3 is 9.80 Å². The maximum Gasteiger partial charge on any atom is 0.150 e. The van der Waals surface area contributed by atoms with Crippen LogP contribution in [0.15, 0.2) is 24.3 Å². The third kappa shape index (κ3) is 3.05. The van der Waals surface area contributed by atoms with E-state index in [-0.39, 0.29) is 0 Å². The molecule has 122 valence electrons. The fourth-order valence-corrected chi connectivity index (χ4v) is 4.10. The molecular formula is C19H26N4. The molecule has 2 saturated heterocycles. The first-order chi connectivity index (χ1) is 11.3. The smallest absolute Gasteiger partial charge is 0.150 e. The summed E-state index contributed by atoms with van der Waals surface area (Å²) in [7, 11) is 0. The molecule has 0 atom stereocenters. The molecule has 0 aliphatic carbocycles. The summed E-state index contributed by atoms with van der Waals surface area (Å²) in [6.07, 6.45) is 6.70. The fraction of sp³-hybridized carbons (Fsp3) is 0.579. The number of aromatic nitrogens is 2. The lowest BCUT2D eigenvalue weighted by molar-refractivity contribution is 0.141. The molecule has 0 saturated carbocycles. The van der Waals surface area contributed by atoms with Gasteiger partial charge in [0.05, 0.1) is 16.7 Å². The number of rotatable bonds is 2. The van der Waals surface area contributed by atoms with E-state index in [0.717, 1.165) is 41.7 Å². The summed E-state index contributed by atoms with van der Waals surface area (Å²) in [6, 6.07) is 8.95. The van der Waals surface area contributed by atoms with Gasteiger partial charge in [-0.15, -0.1) is 0 Å². The van der Waals surface area contributed by atoms with Crippen LogP contribution in [-0.4, -0.2) is 47.1 Å². The number of piperidine rings is 2. The zero-order valence-electron chi connectivity index (χ0n) is 14.0. The molecule has 23 heavy (non-hydrogen) atoms. The Morgan fingerprint density at radius 2 is 1.52 bits per heavy atom. The van der Waals surface area contributed by atoms with E-state index in [0.29, 0.717) is 0 Å². The van der Waals surface area contributed by atoms with Crippen LogP contribution in [-0.2, 0) is 0 Å². The van der Waals surface area contributed by atoms with Crippen LogP contribution < -0.4 is 4.90 Å².